The maximum atomic E-state index is 11.4. The molecule has 13 heavy (non-hydrogen) atoms. The lowest BCUT2D eigenvalue weighted by atomic mass is 10.4. The number of nitrogens with zero attached hydrogens (tertiary/aromatic N) is 1. The molecule has 0 rings (SSSR count). The van der Waals surface area contributed by atoms with E-state index in [9.17, 15) is 13.2 Å². The van der Waals surface area contributed by atoms with Crippen molar-refractivity contribution in [1.29, 1.82) is 0 Å². The van der Waals surface area contributed by atoms with Crippen molar-refractivity contribution in [2.24, 2.45) is 0 Å². The van der Waals surface area contributed by atoms with Crippen LogP contribution in [0.2, 0.25) is 0 Å². The summed E-state index contributed by atoms with van der Waals surface area (Å²) in [4.78, 5) is 12.8. The maximum absolute atomic E-state index is 11.4. The molecule has 0 spiro atoms. The largest absolute Gasteiger partial charge is 0.342 e. The van der Waals surface area contributed by atoms with E-state index in [1.165, 1.54) is 11.8 Å². The predicted molar refractivity (Wildman–Crippen MR) is 52.2 cm³/mol. The Bertz CT molecular complexity index is 271. The SMILES string of the molecule is CCN(CC)C(=O)C(C)S(=O)(=O)Cl. The van der Waals surface area contributed by atoms with Crippen molar-refractivity contribution in [2.45, 2.75) is 26.0 Å². The third-order valence-electron chi connectivity index (χ3n) is 1.85. The van der Waals surface area contributed by atoms with E-state index < -0.39 is 20.2 Å². The normalized spacial score (nSPS) is 13.8. The van der Waals surface area contributed by atoms with Crippen LogP contribution in [-0.4, -0.2) is 37.6 Å². The molecule has 0 aliphatic rings. The highest BCUT2D eigenvalue weighted by molar-refractivity contribution is 8.14. The van der Waals surface area contributed by atoms with Crippen molar-refractivity contribution < 1.29 is 13.2 Å². The molecule has 0 fully saturated rings. The second-order valence-corrected chi connectivity index (χ2v) is 5.58. The van der Waals surface area contributed by atoms with Crippen LogP contribution in [0.1, 0.15) is 20.8 Å². The minimum absolute atomic E-state index is 0.444. The summed E-state index contributed by atoms with van der Waals surface area (Å²) in [5, 5.41) is -1.16. The summed E-state index contributed by atoms with van der Waals surface area (Å²) in [6.07, 6.45) is 0. The van der Waals surface area contributed by atoms with Crippen LogP contribution in [0.4, 0.5) is 0 Å². The van der Waals surface area contributed by atoms with E-state index in [-0.39, 0.29) is 0 Å². The van der Waals surface area contributed by atoms with Gasteiger partial charge in [0, 0.05) is 23.8 Å². The molecule has 0 aromatic heterocycles. The summed E-state index contributed by atoms with van der Waals surface area (Å²) in [6.45, 7) is 5.85. The van der Waals surface area contributed by atoms with E-state index in [2.05, 4.69) is 0 Å². The molecule has 1 atom stereocenters. The van der Waals surface area contributed by atoms with Crippen molar-refractivity contribution >= 4 is 25.6 Å². The van der Waals surface area contributed by atoms with E-state index in [1.54, 1.807) is 13.8 Å². The number of hydrogen-bond donors (Lipinski definition) is 0. The second-order valence-electron chi connectivity index (χ2n) is 2.63. The van der Waals surface area contributed by atoms with Gasteiger partial charge in [-0.25, -0.2) is 8.42 Å². The van der Waals surface area contributed by atoms with Crippen molar-refractivity contribution in [2.75, 3.05) is 13.1 Å². The van der Waals surface area contributed by atoms with Gasteiger partial charge >= 0.3 is 0 Å². The Hall–Kier alpha value is -0.290. The van der Waals surface area contributed by atoms with Gasteiger partial charge in [-0.2, -0.15) is 0 Å². The number of carbonyl (C=O) groups excluding carboxylic acids is 1. The highest BCUT2D eigenvalue weighted by Crippen LogP contribution is 2.09. The molecule has 0 aromatic rings. The van der Waals surface area contributed by atoms with E-state index in [0.717, 1.165) is 0 Å². The number of carbonyl (C=O) groups is 1. The summed E-state index contributed by atoms with van der Waals surface area (Å²) in [7, 11) is 1.27. The van der Waals surface area contributed by atoms with Gasteiger partial charge in [0.2, 0.25) is 15.0 Å². The highest BCUT2D eigenvalue weighted by atomic mass is 35.7. The topological polar surface area (TPSA) is 54.5 Å². The van der Waals surface area contributed by atoms with E-state index in [0.29, 0.717) is 13.1 Å². The maximum Gasteiger partial charge on any atom is 0.244 e. The lowest BCUT2D eigenvalue weighted by Crippen LogP contribution is -2.39. The molecular formula is C7H14ClNO3S. The molecule has 0 saturated heterocycles. The van der Waals surface area contributed by atoms with Gasteiger partial charge in [-0.15, -0.1) is 0 Å². The van der Waals surface area contributed by atoms with Gasteiger partial charge in [-0.3, -0.25) is 4.79 Å². The van der Waals surface area contributed by atoms with Crippen molar-refractivity contribution in [1.82, 2.24) is 4.90 Å². The number of amides is 1. The monoisotopic (exact) mass is 227 g/mol. The van der Waals surface area contributed by atoms with Gasteiger partial charge in [0.25, 0.3) is 0 Å². The Kier molecular flexibility index (Phi) is 4.70. The fourth-order valence-corrected chi connectivity index (χ4v) is 1.53. The first-order chi connectivity index (χ1) is 5.84. The minimum Gasteiger partial charge on any atom is -0.342 e. The molecule has 0 heterocycles. The Morgan fingerprint density at radius 1 is 1.38 bits per heavy atom. The molecule has 0 radical (unpaired) electrons. The fourth-order valence-electron chi connectivity index (χ4n) is 0.913. The summed E-state index contributed by atoms with van der Waals surface area (Å²) in [6, 6.07) is 0. The van der Waals surface area contributed by atoms with Gasteiger partial charge < -0.3 is 4.90 Å². The van der Waals surface area contributed by atoms with Crippen molar-refractivity contribution in [3.63, 3.8) is 0 Å². The quantitative estimate of drug-likeness (QED) is 0.668. The first-order valence-corrected chi connectivity index (χ1v) is 6.44. The lowest BCUT2D eigenvalue weighted by molar-refractivity contribution is -0.130. The number of halogens is 1. The van der Waals surface area contributed by atoms with Crippen LogP contribution in [0.15, 0.2) is 0 Å². The lowest BCUT2D eigenvalue weighted by Gasteiger charge is -2.20. The predicted octanol–water partition coefficient (Wildman–Crippen LogP) is 0.812. The Labute approximate surface area is 83.3 Å². The van der Waals surface area contributed by atoms with Crippen LogP contribution < -0.4 is 0 Å². The van der Waals surface area contributed by atoms with Gasteiger partial charge in [-0.1, -0.05) is 0 Å². The summed E-state index contributed by atoms with van der Waals surface area (Å²) in [5.41, 5.74) is 0. The molecule has 0 aliphatic carbocycles. The zero-order chi connectivity index (χ0) is 10.6. The Morgan fingerprint density at radius 2 is 1.77 bits per heavy atom. The number of rotatable bonds is 4. The van der Waals surface area contributed by atoms with Gasteiger partial charge in [0.05, 0.1) is 0 Å². The molecule has 78 valence electrons. The molecule has 4 nitrogen and oxygen atoms in total. The van der Waals surface area contributed by atoms with Gasteiger partial charge in [0.15, 0.2) is 5.25 Å². The number of hydrogen-bond acceptors (Lipinski definition) is 3. The highest BCUT2D eigenvalue weighted by Gasteiger charge is 2.28. The molecule has 0 aromatic carbocycles. The van der Waals surface area contributed by atoms with Crippen LogP contribution in [0, 0.1) is 0 Å². The summed E-state index contributed by atoms with van der Waals surface area (Å²) in [5.74, 6) is -0.444. The smallest absolute Gasteiger partial charge is 0.244 e. The Balaban J connectivity index is 4.60. The van der Waals surface area contributed by atoms with Crippen LogP contribution in [0.25, 0.3) is 0 Å². The summed E-state index contributed by atoms with van der Waals surface area (Å²) >= 11 is 0. The first-order valence-electron chi connectivity index (χ1n) is 4.06. The molecule has 1 unspecified atom stereocenters. The Morgan fingerprint density at radius 3 is 2.00 bits per heavy atom. The fraction of sp³-hybridized carbons (Fsp3) is 0.857. The standard InChI is InChI=1S/C7H14ClNO3S/c1-4-9(5-2)7(10)6(3)13(8,11)12/h6H,4-5H2,1-3H3. The average Bonchev–Trinajstić information content (AvgIpc) is 2.03. The minimum atomic E-state index is -3.79. The molecular weight excluding hydrogens is 214 g/mol. The molecule has 6 heteroatoms. The molecule has 0 N–H and O–H groups in total. The molecule has 1 amide bonds. The second kappa shape index (κ2) is 4.81. The van der Waals surface area contributed by atoms with Crippen molar-refractivity contribution in [3.8, 4) is 0 Å². The third-order valence-corrected chi connectivity index (χ3v) is 3.69. The van der Waals surface area contributed by atoms with Crippen LogP contribution >= 0.6 is 10.7 Å². The van der Waals surface area contributed by atoms with Crippen LogP contribution in [-0.2, 0) is 13.8 Å². The van der Waals surface area contributed by atoms with Crippen LogP contribution in [0.5, 0.6) is 0 Å². The third kappa shape index (κ3) is 3.52. The van der Waals surface area contributed by atoms with E-state index in [4.69, 9.17) is 10.7 Å². The average molecular weight is 228 g/mol. The van der Waals surface area contributed by atoms with E-state index >= 15 is 0 Å². The summed E-state index contributed by atoms with van der Waals surface area (Å²) < 4.78 is 21.7. The van der Waals surface area contributed by atoms with Crippen LogP contribution in [0.3, 0.4) is 0 Å². The molecule has 0 aliphatic heterocycles. The van der Waals surface area contributed by atoms with Gasteiger partial charge in [0.1, 0.15) is 0 Å². The molecule has 0 saturated carbocycles. The van der Waals surface area contributed by atoms with Crippen molar-refractivity contribution in [3.05, 3.63) is 0 Å². The zero-order valence-corrected chi connectivity index (χ0v) is 9.52. The van der Waals surface area contributed by atoms with Gasteiger partial charge in [-0.05, 0) is 20.8 Å². The zero-order valence-electron chi connectivity index (χ0n) is 7.95. The first kappa shape index (κ1) is 12.7. The van der Waals surface area contributed by atoms with E-state index in [1.807, 2.05) is 0 Å². The molecule has 0 bridgehead atoms.